The standard InChI is InChI=1S/C22H31N7O2.HI/c1-23-20(30)14-17-7-11-28(12-8-17)22(24-2)25-15-18-5-3-6-19(13-18)27-21(31)16-29-10-4-9-26-29;/h3-6,9-10,13,17H,7-8,11-12,14-16H2,1-2H3,(H,23,30)(H,24,25)(H,27,31);1H. The molecule has 0 atom stereocenters. The van der Waals surface area contributed by atoms with Crippen molar-refractivity contribution in [3.05, 3.63) is 48.3 Å². The summed E-state index contributed by atoms with van der Waals surface area (Å²) in [6, 6.07) is 9.55. The van der Waals surface area contributed by atoms with Crippen molar-refractivity contribution in [3.63, 3.8) is 0 Å². The molecule has 2 amide bonds. The molecule has 1 aromatic carbocycles. The number of nitrogens with one attached hydrogen (secondary N) is 3. The number of guanidine groups is 1. The van der Waals surface area contributed by atoms with Crippen LogP contribution >= 0.6 is 24.0 Å². The Bertz CT molecular complexity index is 893. The first kappa shape index (κ1) is 25.6. The molecule has 1 aromatic heterocycles. The number of hydrogen-bond acceptors (Lipinski definition) is 4. The monoisotopic (exact) mass is 553 g/mol. The highest BCUT2D eigenvalue weighted by atomic mass is 127. The zero-order chi connectivity index (χ0) is 22.1. The van der Waals surface area contributed by atoms with E-state index < -0.39 is 0 Å². The van der Waals surface area contributed by atoms with Crippen LogP contribution in [0.3, 0.4) is 0 Å². The van der Waals surface area contributed by atoms with Crippen LogP contribution in [-0.4, -0.2) is 59.6 Å². The maximum Gasteiger partial charge on any atom is 0.246 e. The summed E-state index contributed by atoms with van der Waals surface area (Å²) >= 11 is 0. The number of piperidine rings is 1. The van der Waals surface area contributed by atoms with Gasteiger partial charge in [0.25, 0.3) is 0 Å². The number of rotatable bonds is 7. The Morgan fingerprint density at radius 1 is 1.19 bits per heavy atom. The van der Waals surface area contributed by atoms with Crippen molar-refractivity contribution in [2.24, 2.45) is 10.9 Å². The highest BCUT2D eigenvalue weighted by Gasteiger charge is 2.23. The summed E-state index contributed by atoms with van der Waals surface area (Å²) in [7, 11) is 3.47. The van der Waals surface area contributed by atoms with Crippen molar-refractivity contribution < 1.29 is 9.59 Å². The molecule has 9 nitrogen and oxygen atoms in total. The first-order chi connectivity index (χ1) is 15.1. The van der Waals surface area contributed by atoms with Gasteiger partial charge < -0.3 is 20.9 Å². The zero-order valence-corrected chi connectivity index (χ0v) is 20.9. The number of halogens is 1. The van der Waals surface area contributed by atoms with E-state index in [0.717, 1.165) is 43.1 Å². The molecule has 2 heterocycles. The number of amides is 2. The third-order valence-corrected chi connectivity index (χ3v) is 5.40. The van der Waals surface area contributed by atoms with Crippen molar-refractivity contribution in [1.29, 1.82) is 0 Å². The van der Waals surface area contributed by atoms with Crippen LogP contribution in [0.5, 0.6) is 0 Å². The van der Waals surface area contributed by atoms with Crippen LogP contribution in [-0.2, 0) is 22.7 Å². The van der Waals surface area contributed by atoms with E-state index in [9.17, 15) is 9.59 Å². The van der Waals surface area contributed by atoms with Crippen molar-refractivity contribution in [2.45, 2.75) is 32.4 Å². The van der Waals surface area contributed by atoms with Gasteiger partial charge in [0, 0.05) is 58.2 Å². The molecule has 1 fully saturated rings. The summed E-state index contributed by atoms with van der Waals surface area (Å²) < 4.78 is 1.59. The summed E-state index contributed by atoms with van der Waals surface area (Å²) in [5.74, 6) is 1.27. The molecule has 1 aliphatic rings. The second-order valence-corrected chi connectivity index (χ2v) is 7.66. The van der Waals surface area contributed by atoms with E-state index in [2.05, 4.69) is 30.9 Å². The highest BCUT2D eigenvalue weighted by molar-refractivity contribution is 14.0. The number of aromatic nitrogens is 2. The predicted octanol–water partition coefficient (Wildman–Crippen LogP) is 2.06. The molecule has 174 valence electrons. The lowest BCUT2D eigenvalue weighted by molar-refractivity contribution is -0.121. The highest BCUT2D eigenvalue weighted by Crippen LogP contribution is 2.20. The van der Waals surface area contributed by atoms with Crippen LogP contribution in [0.25, 0.3) is 0 Å². The number of aliphatic imine (C=N–C) groups is 1. The van der Waals surface area contributed by atoms with Gasteiger partial charge in [-0.05, 0) is 42.5 Å². The minimum absolute atomic E-state index is 0. The van der Waals surface area contributed by atoms with E-state index in [1.54, 1.807) is 37.2 Å². The molecule has 0 unspecified atom stereocenters. The molecular weight excluding hydrogens is 521 g/mol. The van der Waals surface area contributed by atoms with Gasteiger partial charge in [0.1, 0.15) is 6.54 Å². The molecule has 0 radical (unpaired) electrons. The van der Waals surface area contributed by atoms with Crippen molar-refractivity contribution >= 4 is 47.4 Å². The van der Waals surface area contributed by atoms with Gasteiger partial charge in [-0.25, -0.2) is 0 Å². The van der Waals surface area contributed by atoms with Crippen molar-refractivity contribution in [1.82, 2.24) is 25.3 Å². The van der Waals surface area contributed by atoms with Gasteiger partial charge in [-0.2, -0.15) is 5.10 Å². The molecule has 1 aliphatic heterocycles. The molecule has 10 heteroatoms. The first-order valence-corrected chi connectivity index (χ1v) is 10.6. The maximum absolute atomic E-state index is 12.2. The Morgan fingerprint density at radius 2 is 1.97 bits per heavy atom. The SMILES string of the molecule is CN=C(NCc1cccc(NC(=O)Cn2cccn2)c1)N1CCC(CC(=O)NC)CC1.I. The number of anilines is 1. The molecule has 0 saturated carbocycles. The average molecular weight is 553 g/mol. The van der Waals surface area contributed by atoms with Crippen LogP contribution in [0.15, 0.2) is 47.7 Å². The zero-order valence-electron chi connectivity index (χ0n) is 18.6. The minimum atomic E-state index is -0.121. The number of carbonyl (C=O) groups excluding carboxylic acids is 2. The van der Waals surface area contributed by atoms with E-state index in [1.165, 1.54) is 0 Å². The van der Waals surface area contributed by atoms with E-state index in [0.29, 0.717) is 18.9 Å². The van der Waals surface area contributed by atoms with E-state index in [4.69, 9.17) is 0 Å². The lowest BCUT2D eigenvalue weighted by atomic mass is 9.93. The second-order valence-electron chi connectivity index (χ2n) is 7.66. The minimum Gasteiger partial charge on any atom is -0.359 e. The van der Waals surface area contributed by atoms with Crippen LogP contribution in [0.4, 0.5) is 5.69 Å². The number of likely N-dealkylation sites (tertiary alicyclic amines) is 1. The van der Waals surface area contributed by atoms with Crippen LogP contribution in [0.1, 0.15) is 24.8 Å². The fourth-order valence-corrected chi connectivity index (χ4v) is 3.73. The number of carbonyl (C=O) groups is 2. The van der Waals surface area contributed by atoms with Gasteiger partial charge in [0.05, 0.1) is 0 Å². The average Bonchev–Trinajstić information content (AvgIpc) is 3.28. The summed E-state index contributed by atoms with van der Waals surface area (Å²) in [6.45, 7) is 2.54. The lowest BCUT2D eigenvalue weighted by Gasteiger charge is -2.34. The Kier molecular flexibility index (Phi) is 10.4. The van der Waals surface area contributed by atoms with E-state index in [-0.39, 0.29) is 42.3 Å². The third kappa shape index (κ3) is 7.81. The summed E-state index contributed by atoms with van der Waals surface area (Å²) in [5, 5.41) is 13.1. The topological polar surface area (TPSA) is 104 Å². The van der Waals surface area contributed by atoms with Gasteiger partial charge in [0.2, 0.25) is 11.8 Å². The fourth-order valence-electron chi connectivity index (χ4n) is 3.73. The van der Waals surface area contributed by atoms with Crippen molar-refractivity contribution in [3.8, 4) is 0 Å². The van der Waals surface area contributed by atoms with Crippen LogP contribution < -0.4 is 16.0 Å². The Labute approximate surface area is 206 Å². The predicted molar refractivity (Wildman–Crippen MR) is 136 cm³/mol. The molecule has 32 heavy (non-hydrogen) atoms. The van der Waals surface area contributed by atoms with Gasteiger partial charge in [-0.1, -0.05) is 12.1 Å². The Morgan fingerprint density at radius 3 is 2.62 bits per heavy atom. The second kappa shape index (κ2) is 13.0. The molecule has 3 N–H and O–H groups in total. The van der Waals surface area contributed by atoms with Crippen LogP contribution in [0.2, 0.25) is 0 Å². The third-order valence-electron chi connectivity index (χ3n) is 5.40. The Hall–Kier alpha value is -2.63. The van der Waals surface area contributed by atoms with Gasteiger partial charge in [0.15, 0.2) is 5.96 Å². The number of benzene rings is 1. The Balaban J connectivity index is 0.00000363. The molecule has 0 spiro atoms. The molecule has 0 bridgehead atoms. The van der Waals surface area contributed by atoms with Crippen LogP contribution in [0, 0.1) is 5.92 Å². The first-order valence-electron chi connectivity index (χ1n) is 10.6. The number of nitrogens with zero attached hydrogens (tertiary/aromatic N) is 4. The van der Waals surface area contributed by atoms with E-state index >= 15 is 0 Å². The maximum atomic E-state index is 12.2. The smallest absolute Gasteiger partial charge is 0.246 e. The molecule has 2 aromatic rings. The van der Waals surface area contributed by atoms with Gasteiger partial charge in [-0.15, -0.1) is 24.0 Å². The van der Waals surface area contributed by atoms with Gasteiger partial charge >= 0.3 is 0 Å². The number of hydrogen-bond donors (Lipinski definition) is 3. The summed E-state index contributed by atoms with van der Waals surface area (Å²) in [5.41, 5.74) is 1.80. The molecule has 1 saturated heterocycles. The normalized spacial score (nSPS) is 14.4. The largest absolute Gasteiger partial charge is 0.359 e. The fraction of sp³-hybridized carbons (Fsp3) is 0.455. The van der Waals surface area contributed by atoms with Crippen molar-refractivity contribution in [2.75, 3.05) is 32.5 Å². The van der Waals surface area contributed by atoms with Gasteiger partial charge in [-0.3, -0.25) is 19.3 Å². The molecule has 3 rings (SSSR count). The van der Waals surface area contributed by atoms with E-state index in [1.807, 2.05) is 24.3 Å². The quantitative estimate of drug-likeness (QED) is 0.277. The summed E-state index contributed by atoms with van der Waals surface area (Å²) in [4.78, 5) is 30.4. The molecular formula is C22H32IN7O2. The summed E-state index contributed by atoms with van der Waals surface area (Å²) in [6.07, 6.45) is 5.96. The molecule has 0 aliphatic carbocycles. The lowest BCUT2D eigenvalue weighted by Crippen LogP contribution is -2.45.